The van der Waals surface area contributed by atoms with Crippen molar-refractivity contribution in [2.75, 3.05) is 7.11 Å². The monoisotopic (exact) mass is 417 g/mol. The molecule has 0 atom stereocenters. The van der Waals surface area contributed by atoms with Crippen LogP contribution in [0.4, 0.5) is 0 Å². The first kappa shape index (κ1) is 21.6. The Bertz CT molecular complexity index is 1030. The summed E-state index contributed by atoms with van der Waals surface area (Å²) in [6, 6.07) is 24.3. The van der Waals surface area contributed by atoms with Crippen molar-refractivity contribution in [2.24, 2.45) is 5.10 Å². The number of amides is 2. The Labute approximate surface area is 180 Å². The predicted octanol–water partition coefficient (Wildman–Crippen LogP) is 3.04. The molecule has 0 aromatic heterocycles. The molecule has 0 radical (unpaired) electrons. The van der Waals surface area contributed by atoms with Crippen molar-refractivity contribution in [3.63, 3.8) is 0 Å². The molecule has 0 aliphatic heterocycles. The van der Waals surface area contributed by atoms with Crippen LogP contribution < -0.4 is 20.2 Å². The van der Waals surface area contributed by atoms with Crippen molar-refractivity contribution < 1.29 is 19.1 Å². The van der Waals surface area contributed by atoms with Crippen LogP contribution in [0.2, 0.25) is 0 Å². The van der Waals surface area contributed by atoms with Gasteiger partial charge < -0.3 is 14.8 Å². The number of benzene rings is 3. The van der Waals surface area contributed by atoms with E-state index < -0.39 is 11.8 Å². The molecule has 0 aliphatic rings. The van der Waals surface area contributed by atoms with Gasteiger partial charge in [0.15, 0.2) is 0 Å². The highest BCUT2D eigenvalue weighted by molar-refractivity contribution is 6.35. The van der Waals surface area contributed by atoms with Crippen molar-refractivity contribution in [2.45, 2.75) is 13.2 Å². The van der Waals surface area contributed by atoms with Crippen LogP contribution >= 0.6 is 0 Å². The fourth-order valence-corrected chi connectivity index (χ4v) is 2.65. The van der Waals surface area contributed by atoms with Gasteiger partial charge in [-0.15, -0.1) is 0 Å². The molecule has 2 N–H and O–H groups in total. The molecular formula is C24H23N3O4. The summed E-state index contributed by atoms with van der Waals surface area (Å²) >= 11 is 0. The second-order valence-corrected chi connectivity index (χ2v) is 6.58. The van der Waals surface area contributed by atoms with Gasteiger partial charge in [-0.1, -0.05) is 54.6 Å². The number of rotatable bonds is 8. The highest BCUT2D eigenvalue weighted by atomic mass is 16.5. The minimum atomic E-state index is -0.846. The third-order valence-corrected chi connectivity index (χ3v) is 4.30. The number of nitrogens with zero attached hydrogens (tertiary/aromatic N) is 1. The van der Waals surface area contributed by atoms with Crippen molar-refractivity contribution >= 4 is 18.0 Å². The predicted molar refractivity (Wildman–Crippen MR) is 118 cm³/mol. The van der Waals surface area contributed by atoms with Gasteiger partial charge >= 0.3 is 11.8 Å². The normalized spacial score (nSPS) is 10.5. The zero-order chi connectivity index (χ0) is 21.9. The molecule has 7 nitrogen and oxygen atoms in total. The highest BCUT2D eigenvalue weighted by Gasteiger charge is 2.11. The molecule has 0 fully saturated rings. The molecule has 0 bridgehead atoms. The average molecular weight is 417 g/mol. The van der Waals surface area contributed by atoms with E-state index in [9.17, 15) is 9.59 Å². The van der Waals surface area contributed by atoms with Gasteiger partial charge in [-0.25, -0.2) is 5.43 Å². The van der Waals surface area contributed by atoms with Crippen LogP contribution in [0.25, 0.3) is 0 Å². The molecule has 0 spiro atoms. The smallest absolute Gasteiger partial charge is 0.329 e. The summed E-state index contributed by atoms with van der Waals surface area (Å²) in [4.78, 5) is 23.8. The van der Waals surface area contributed by atoms with Crippen LogP contribution in [-0.4, -0.2) is 25.1 Å². The Morgan fingerprint density at radius 1 is 0.871 bits per heavy atom. The lowest BCUT2D eigenvalue weighted by Crippen LogP contribution is -2.37. The number of carbonyl (C=O) groups excluding carboxylic acids is 2. The van der Waals surface area contributed by atoms with E-state index >= 15 is 0 Å². The molecule has 0 heterocycles. The van der Waals surface area contributed by atoms with Crippen LogP contribution in [0.15, 0.2) is 84.0 Å². The molecule has 0 saturated carbocycles. The summed E-state index contributed by atoms with van der Waals surface area (Å²) in [5.41, 5.74) is 4.86. The van der Waals surface area contributed by atoms with Crippen LogP contribution in [0.5, 0.6) is 11.5 Å². The van der Waals surface area contributed by atoms with E-state index in [1.165, 1.54) is 6.21 Å². The van der Waals surface area contributed by atoms with E-state index in [1.54, 1.807) is 25.3 Å². The molecule has 7 heteroatoms. The molecule has 3 aromatic carbocycles. The second-order valence-electron chi connectivity index (χ2n) is 6.58. The van der Waals surface area contributed by atoms with E-state index in [2.05, 4.69) is 15.8 Å². The maximum atomic E-state index is 11.9. The third-order valence-electron chi connectivity index (χ3n) is 4.30. The summed E-state index contributed by atoms with van der Waals surface area (Å²) in [5.74, 6) is -0.220. The van der Waals surface area contributed by atoms with Crippen LogP contribution in [0, 0.1) is 0 Å². The Morgan fingerprint density at radius 2 is 1.65 bits per heavy atom. The van der Waals surface area contributed by atoms with Crippen molar-refractivity contribution in [3.05, 3.63) is 95.6 Å². The molecule has 3 aromatic rings. The Hall–Kier alpha value is -4.13. The fourth-order valence-electron chi connectivity index (χ4n) is 2.65. The van der Waals surface area contributed by atoms with Crippen LogP contribution in [-0.2, 0) is 22.7 Å². The molecule has 0 aliphatic carbocycles. The summed E-state index contributed by atoms with van der Waals surface area (Å²) in [5, 5.41) is 6.38. The number of ether oxygens (including phenoxy) is 2. The molecule has 2 amide bonds. The Morgan fingerprint density at radius 3 is 2.39 bits per heavy atom. The van der Waals surface area contributed by atoms with Gasteiger partial charge in [-0.05, 0) is 41.0 Å². The zero-order valence-corrected chi connectivity index (χ0v) is 17.1. The quantitative estimate of drug-likeness (QED) is 0.335. The maximum absolute atomic E-state index is 11.9. The van der Waals surface area contributed by atoms with E-state index in [0.717, 1.165) is 22.4 Å². The minimum absolute atomic E-state index is 0.223. The molecule has 31 heavy (non-hydrogen) atoms. The minimum Gasteiger partial charge on any atom is -0.497 e. The fraction of sp³-hybridized carbons (Fsp3) is 0.125. The van der Waals surface area contributed by atoms with Crippen molar-refractivity contribution in [3.8, 4) is 11.5 Å². The first-order valence-corrected chi connectivity index (χ1v) is 9.65. The van der Waals surface area contributed by atoms with E-state index in [1.807, 2.05) is 60.7 Å². The summed E-state index contributed by atoms with van der Waals surface area (Å²) in [6.45, 7) is 0.674. The van der Waals surface area contributed by atoms with Crippen LogP contribution in [0.3, 0.4) is 0 Å². The third kappa shape index (κ3) is 7.01. The number of hydrazone groups is 1. The molecule has 0 unspecified atom stereocenters. The highest BCUT2D eigenvalue weighted by Crippen LogP contribution is 2.14. The SMILES string of the molecule is COc1ccc(CNC(=O)C(=O)N/N=C\c2cccc(OCc3ccccc3)c2)cc1. The summed E-state index contributed by atoms with van der Waals surface area (Å²) < 4.78 is 10.8. The second kappa shape index (κ2) is 11.2. The summed E-state index contributed by atoms with van der Waals surface area (Å²) in [6.07, 6.45) is 1.45. The Kier molecular flexibility index (Phi) is 7.77. The lowest BCUT2D eigenvalue weighted by atomic mass is 10.2. The number of hydrogen-bond acceptors (Lipinski definition) is 5. The number of nitrogens with one attached hydrogen (secondary N) is 2. The van der Waals surface area contributed by atoms with Gasteiger partial charge in [0.2, 0.25) is 0 Å². The first-order valence-electron chi connectivity index (χ1n) is 9.65. The van der Waals surface area contributed by atoms with Crippen LogP contribution in [0.1, 0.15) is 16.7 Å². The number of hydrogen-bond donors (Lipinski definition) is 2. The van der Waals surface area contributed by atoms with E-state index in [0.29, 0.717) is 12.4 Å². The zero-order valence-electron chi connectivity index (χ0n) is 17.1. The van der Waals surface area contributed by atoms with Gasteiger partial charge in [0.1, 0.15) is 18.1 Å². The van der Waals surface area contributed by atoms with Crippen molar-refractivity contribution in [1.82, 2.24) is 10.7 Å². The molecule has 3 rings (SSSR count). The summed E-state index contributed by atoms with van der Waals surface area (Å²) in [7, 11) is 1.58. The largest absolute Gasteiger partial charge is 0.497 e. The number of methoxy groups -OCH3 is 1. The lowest BCUT2D eigenvalue weighted by Gasteiger charge is -2.07. The average Bonchev–Trinajstić information content (AvgIpc) is 2.82. The van der Waals surface area contributed by atoms with Gasteiger partial charge in [-0.2, -0.15) is 5.10 Å². The Balaban J connectivity index is 1.45. The first-order chi connectivity index (χ1) is 15.1. The lowest BCUT2D eigenvalue weighted by molar-refractivity contribution is -0.139. The molecular weight excluding hydrogens is 394 g/mol. The van der Waals surface area contributed by atoms with Gasteiger partial charge in [-0.3, -0.25) is 9.59 Å². The van der Waals surface area contributed by atoms with Crippen molar-refractivity contribution in [1.29, 1.82) is 0 Å². The van der Waals surface area contributed by atoms with E-state index in [-0.39, 0.29) is 6.54 Å². The van der Waals surface area contributed by atoms with E-state index in [4.69, 9.17) is 9.47 Å². The van der Waals surface area contributed by atoms with Gasteiger partial charge in [0.05, 0.1) is 13.3 Å². The topological polar surface area (TPSA) is 89.0 Å². The number of carbonyl (C=O) groups is 2. The molecule has 0 saturated heterocycles. The maximum Gasteiger partial charge on any atom is 0.329 e. The standard InChI is InChI=1S/C24H23N3O4/c1-30-21-12-10-18(11-13-21)15-25-23(28)24(29)27-26-16-20-8-5-9-22(14-20)31-17-19-6-3-2-4-7-19/h2-14,16H,15,17H2,1H3,(H,25,28)(H,27,29)/b26-16-. The van der Waals surface area contributed by atoms with Gasteiger partial charge in [0, 0.05) is 6.54 Å². The van der Waals surface area contributed by atoms with Gasteiger partial charge in [0.25, 0.3) is 0 Å². The molecule has 158 valence electrons.